The zero-order valence-electron chi connectivity index (χ0n) is 17.7. The van der Waals surface area contributed by atoms with Gasteiger partial charge in [-0.15, -0.1) is 0 Å². The van der Waals surface area contributed by atoms with Crippen molar-refractivity contribution in [3.63, 3.8) is 0 Å². The number of methoxy groups -OCH3 is 1. The molecule has 0 unspecified atom stereocenters. The molecule has 0 aliphatic carbocycles. The summed E-state index contributed by atoms with van der Waals surface area (Å²) in [5.41, 5.74) is 5.51. The largest absolute Gasteiger partial charge is 0.493 e. The number of thioether (sulfide) groups is 1. The van der Waals surface area contributed by atoms with E-state index in [-0.39, 0.29) is 11.7 Å². The summed E-state index contributed by atoms with van der Waals surface area (Å²) in [6.45, 7) is 0.301. The lowest BCUT2D eigenvalue weighted by Gasteiger charge is -2.13. The molecule has 0 aliphatic heterocycles. The van der Waals surface area contributed by atoms with E-state index in [0.29, 0.717) is 39.5 Å². The fourth-order valence-electron chi connectivity index (χ4n) is 2.98. The van der Waals surface area contributed by atoms with Crippen LogP contribution in [0, 0.1) is 0 Å². The third kappa shape index (κ3) is 6.06. The molecule has 0 spiro atoms. The number of carbonyl (C=O) groups is 1. The standard InChI is InChI=1S/C24H20ClN3O4S/c1-30-21-11-5-7-17(23(21)31-14-16-6-4-8-18(25)12-16)13-26-28-22(29)15-33-24-27-19-9-2-3-10-20(19)32-24/h2-13H,14-15H2,1H3,(H,28,29)/b26-13+. The highest BCUT2D eigenvalue weighted by Gasteiger charge is 2.11. The van der Waals surface area contributed by atoms with E-state index in [2.05, 4.69) is 15.5 Å². The molecule has 9 heteroatoms. The van der Waals surface area contributed by atoms with Crippen LogP contribution in [0.2, 0.25) is 5.02 Å². The summed E-state index contributed by atoms with van der Waals surface area (Å²) in [6, 6.07) is 20.3. The van der Waals surface area contributed by atoms with Crippen molar-refractivity contribution in [1.82, 2.24) is 10.4 Å². The lowest BCUT2D eigenvalue weighted by molar-refractivity contribution is -0.118. The van der Waals surface area contributed by atoms with Crippen LogP contribution < -0.4 is 14.9 Å². The number of halogens is 1. The summed E-state index contributed by atoms with van der Waals surface area (Å²) in [7, 11) is 1.56. The molecule has 0 radical (unpaired) electrons. The van der Waals surface area contributed by atoms with Crippen molar-refractivity contribution < 1.29 is 18.7 Å². The molecular formula is C24H20ClN3O4S. The minimum Gasteiger partial charge on any atom is -0.493 e. The number of fused-ring (bicyclic) bond motifs is 1. The molecule has 168 valence electrons. The molecular weight excluding hydrogens is 462 g/mol. The Morgan fingerprint density at radius 1 is 1.18 bits per heavy atom. The smallest absolute Gasteiger partial charge is 0.257 e. The van der Waals surface area contributed by atoms with Crippen LogP contribution >= 0.6 is 23.4 Å². The molecule has 0 fully saturated rings. The first kappa shape index (κ1) is 22.7. The number of benzene rings is 3. The van der Waals surface area contributed by atoms with Gasteiger partial charge in [0.25, 0.3) is 11.1 Å². The molecule has 3 aromatic carbocycles. The van der Waals surface area contributed by atoms with Gasteiger partial charge in [-0.05, 0) is 42.0 Å². The van der Waals surface area contributed by atoms with Gasteiger partial charge in [0.1, 0.15) is 12.1 Å². The van der Waals surface area contributed by atoms with E-state index in [1.807, 2.05) is 54.6 Å². The maximum absolute atomic E-state index is 12.2. The molecule has 0 bridgehead atoms. The topological polar surface area (TPSA) is 86.0 Å². The molecule has 0 aliphatic rings. The zero-order valence-corrected chi connectivity index (χ0v) is 19.2. The molecule has 0 saturated carbocycles. The van der Waals surface area contributed by atoms with Crippen molar-refractivity contribution in [3.8, 4) is 11.5 Å². The second-order valence-corrected chi connectivity index (χ2v) is 8.19. The number of hydrogen-bond donors (Lipinski definition) is 1. The highest BCUT2D eigenvalue weighted by Crippen LogP contribution is 2.31. The van der Waals surface area contributed by atoms with Gasteiger partial charge in [-0.2, -0.15) is 5.10 Å². The predicted molar refractivity (Wildman–Crippen MR) is 129 cm³/mol. The molecule has 0 atom stereocenters. The monoisotopic (exact) mass is 481 g/mol. The summed E-state index contributed by atoms with van der Waals surface area (Å²) in [5.74, 6) is 0.890. The highest BCUT2D eigenvalue weighted by molar-refractivity contribution is 7.99. The number of aromatic nitrogens is 1. The number of amides is 1. The van der Waals surface area contributed by atoms with E-state index >= 15 is 0 Å². The van der Waals surface area contributed by atoms with E-state index < -0.39 is 0 Å². The van der Waals surface area contributed by atoms with Crippen LogP contribution in [-0.4, -0.2) is 30.0 Å². The Kier molecular flexibility index (Phi) is 7.49. The Bertz CT molecular complexity index is 1260. The van der Waals surface area contributed by atoms with Gasteiger partial charge in [-0.25, -0.2) is 10.4 Å². The number of nitrogens with one attached hydrogen (secondary N) is 1. The summed E-state index contributed by atoms with van der Waals surface area (Å²) in [6.07, 6.45) is 1.51. The van der Waals surface area contributed by atoms with Crippen molar-refractivity contribution in [1.29, 1.82) is 0 Å². The predicted octanol–water partition coefficient (Wildman–Crippen LogP) is 5.31. The van der Waals surface area contributed by atoms with Gasteiger partial charge >= 0.3 is 0 Å². The highest BCUT2D eigenvalue weighted by atomic mass is 35.5. The second-order valence-electron chi connectivity index (χ2n) is 6.83. The van der Waals surface area contributed by atoms with E-state index in [1.54, 1.807) is 19.2 Å². The summed E-state index contributed by atoms with van der Waals surface area (Å²) >= 11 is 7.24. The first-order chi connectivity index (χ1) is 16.1. The fraction of sp³-hybridized carbons (Fsp3) is 0.125. The Hall–Kier alpha value is -3.49. The maximum atomic E-state index is 12.2. The summed E-state index contributed by atoms with van der Waals surface area (Å²) < 4.78 is 17.0. The maximum Gasteiger partial charge on any atom is 0.257 e. The van der Waals surface area contributed by atoms with E-state index in [4.69, 9.17) is 25.5 Å². The number of para-hydroxylation sites is 3. The van der Waals surface area contributed by atoms with E-state index in [9.17, 15) is 4.79 Å². The Morgan fingerprint density at radius 2 is 2.03 bits per heavy atom. The van der Waals surface area contributed by atoms with Crippen molar-refractivity contribution in [3.05, 3.63) is 82.9 Å². The van der Waals surface area contributed by atoms with E-state index in [0.717, 1.165) is 11.1 Å². The second kappa shape index (κ2) is 10.9. The summed E-state index contributed by atoms with van der Waals surface area (Å²) in [5, 5.41) is 5.12. The number of rotatable bonds is 9. The van der Waals surface area contributed by atoms with Gasteiger partial charge in [0, 0.05) is 10.6 Å². The first-order valence-corrected chi connectivity index (χ1v) is 11.3. The SMILES string of the molecule is COc1cccc(/C=N/NC(=O)CSc2nc3ccccc3o2)c1OCc1cccc(Cl)c1. The Balaban J connectivity index is 1.37. The molecule has 1 aromatic heterocycles. The van der Waals surface area contributed by atoms with Crippen molar-refractivity contribution in [2.75, 3.05) is 12.9 Å². The van der Waals surface area contributed by atoms with Crippen LogP contribution in [0.5, 0.6) is 11.5 Å². The third-order valence-corrected chi connectivity index (χ3v) is 5.56. The van der Waals surface area contributed by atoms with Crippen LogP contribution in [0.1, 0.15) is 11.1 Å². The number of nitrogens with zero attached hydrogens (tertiary/aromatic N) is 2. The molecule has 1 heterocycles. The van der Waals surface area contributed by atoms with Gasteiger partial charge in [0.05, 0.1) is 19.1 Å². The van der Waals surface area contributed by atoms with Gasteiger partial charge in [0.2, 0.25) is 0 Å². The van der Waals surface area contributed by atoms with Crippen LogP contribution in [0.4, 0.5) is 0 Å². The van der Waals surface area contributed by atoms with Crippen LogP contribution in [0.25, 0.3) is 11.1 Å². The molecule has 33 heavy (non-hydrogen) atoms. The number of carbonyl (C=O) groups excluding carboxylic acids is 1. The number of ether oxygens (including phenoxy) is 2. The van der Waals surface area contributed by atoms with Crippen LogP contribution in [0.15, 0.2) is 81.5 Å². The van der Waals surface area contributed by atoms with Crippen molar-refractivity contribution in [2.24, 2.45) is 5.10 Å². The number of hydrogen-bond acceptors (Lipinski definition) is 7. The molecule has 0 saturated heterocycles. The first-order valence-electron chi connectivity index (χ1n) is 9.97. The van der Waals surface area contributed by atoms with Crippen molar-refractivity contribution >= 4 is 46.6 Å². The number of hydrazone groups is 1. The Morgan fingerprint density at radius 3 is 2.85 bits per heavy atom. The third-order valence-electron chi connectivity index (χ3n) is 4.50. The van der Waals surface area contributed by atoms with Gasteiger partial charge in [0.15, 0.2) is 17.1 Å². The zero-order chi connectivity index (χ0) is 23.0. The lowest BCUT2D eigenvalue weighted by Crippen LogP contribution is -2.19. The molecule has 1 amide bonds. The Labute approximate surface area is 199 Å². The average molecular weight is 482 g/mol. The minimum absolute atomic E-state index is 0.112. The average Bonchev–Trinajstić information content (AvgIpc) is 3.25. The molecule has 7 nitrogen and oxygen atoms in total. The lowest BCUT2D eigenvalue weighted by atomic mass is 10.2. The molecule has 1 N–H and O–H groups in total. The quantitative estimate of drug-likeness (QED) is 0.198. The van der Waals surface area contributed by atoms with Gasteiger partial charge in [-0.3, -0.25) is 4.79 Å². The minimum atomic E-state index is -0.289. The van der Waals surface area contributed by atoms with Crippen LogP contribution in [-0.2, 0) is 11.4 Å². The van der Waals surface area contributed by atoms with E-state index in [1.165, 1.54) is 18.0 Å². The van der Waals surface area contributed by atoms with Crippen LogP contribution in [0.3, 0.4) is 0 Å². The van der Waals surface area contributed by atoms with Gasteiger partial charge < -0.3 is 13.9 Å². The molecule has 4 rings (SSSR count). The van der Waals surface area contributed by atoms with Crippen molar-refractivity contribution in [2.45, 2.75) is 11.8 Å². The van der Waals surface area contributed by atoms with Gasteiger partial charge in [-0.1, -0.05) is 53.7 Å². The summed E-state index contributed by atoms with van der Waals surface area (Å²) in [4.78, 5) is 16.5. The normalized spacial score (nSPS) is 11.1. The fourth-order valence-corrected chi connectivity index (χ4v) is 3.82. The number of oxazole rings is 1. The molecule has 4 aromatic rings.